The molecule has 2 heterocycles. The number of rotatable bonds is 4. The van der Waals surface area contributed by atoms with E-state index in [1.807, 2.05) is 11.0 Å². The van der Waals surface area contributed by atoms with Crippen LogP contribution in [-0.4, -0.2) is 56.6 Å². The average molecular weight is 347 g/mol. The molecule has 1 aromatic rings. The van der Waals surface area contributed by atoms with Crippen molar-refractivity contribution < 1.29 is 19.1 Å². The normalized spacial score (nSPS) is 23.7. The second kappa shape index (κ2) is 7.31. The second-order valence-electron chi connectivity index (χ2n) is 6.63. The molecule has 0 aliphatic carbocycles. The molecule has 136 valence electrons. The van der Waals surface area contributed by atoms with Crippen molar-refractivity contribution in [1.29, 1.82) is 0 Å². The summed E-state index contributed by atoms with van der Waals surface area (Å²) >= 11 is 0. The number of likely N-dealkylation sites (tertiary alicyclic amines) is 1. The highest BCUT2D eigenvalue weighted by molar-refractivity contribution is 6.00. The number of methoxy groups -OCH3 is 2. The molecule has 0 spiro atoms. The fourth-order valence-electron chi connectivity index (χ4n) is 3.58. The summed E-state index contributed by atoms with van der Waals surface area (Å²) in [4.78, 5) is 28.6. The number of amides is 2. The molecule has 0 bridgehead atoms. The number of ether oxygens (including phenoxy) is 2. The number of anilines is 1. The molecular formula is C18H25N3O4. The number of nitrogens with zero attached hydrogens (tertiary/aromatic N) is 2. The van der Waals surface area contributed by atoms with Crippen LogP contribution in [0.15, 0.2) is 18.2 Å². The van der Waals surface area contributed by atoms with Crippen LogP contribution >= 0.6 is 0 Å². The van der Waals surface area contributed by atoms with Crippen LogP contribution in [0.1, 0.15) is 19.3 Å². The Kier molecular flexibility index (Phi) is 5.13. The Morgan fingerprint density at radius 3 is 2.64 bits per heavy atom. The minimum atomic E-state index is -0.314. The first-order valence-corrected chi connectivity index (χ1v) is 8.60. The van der Waals surface area contributed by atoms with Crippen LogP contribution in [0.25, 0.3) is 0 Å². The van der Waals surface area contributed by atoms with Gasteiger partial charge in [0.15, 0.2) is 11.5 Å². The summed E-state index contributed by atoms with van der Waals surface area (Å²) in [5.41, 5.74) is 6.69. The Bertz CT molecular complexity index is 664. The quantitative estimate of drug-likeness (QED) is 0.878. The van der Waals surface area contributed by atoms with E-state index in [-0.39, 0.29) is 30.2 Å². The Morgan fingerprint density at radius 2 is 1.96 bits per heavy atom. The number of carbonyl (C=O) groups excluding carboxylic acids is 2. The third-order valence-corrected chi connectivity index (χ3v) is 4.92. The summed E-state index contributed by atoms with van der Waals surface area (Å²) in [6.07, 6.45) is 2.11. The molecule has 2 saturated heterocycles. The van der Waals surface area contributed by atoms with Gasteiger partial charge in [0.25, 0.3) is 0 Å². The standard InChI is InChI=1S/C18H25N3O4/c1-24-15-6-5-14(9-16(15)25-2)21-10-12(8-17(21)22)18(23)20-7-3-4-13(19)11-20/h5-6,9,12-13H,3-4,7-8,10-11,19H2,1-2H3/t12-,13+/m1/s1. The van der Waals surface area contributed by atoms with Crippen molar-refractivity contribution in [2.45, 2.75) is 25.3 Å². The lowest BCUT2D eigenvalue weighted by molar-refractivity contribution is -0.136. The van der Waals surface area contributed by atoms with E-state index in [2.05, 4.69) is 0 Å². The fourth-order valence-corrected chi connectivity index (χ4v) is 3.58. The molecule has 7 nitrogen and oxygen atoms in total. The first-order valence-electron chi connectivity index (χ1n) is 8.60. The van der Waals surface area contributed by atoms with Crippen molar-refractivity contribution in [3.63, 3.8) is 0 Å². The molecule has 2 atom stereocenters. The van der Waals surface area contributed by atoms with E-state index in [4.69, 9.17) is 15.2 Å². The largest absolute Gasteiger partial charge is 0.493 e. The van der Waals surface area contributed by atoms with E-state index in [0.717, 1.165) is 19.4 Å². The van der Waals surface area contributed by atoms with Crippen molar-refractivity contribution in [1.82, 2.24) is 4.90 Å². The molecule has 7 heteroatoms. The zero-order valence-electron chi connectivity index (χ0n) is 14.7. The third-order valence-electron chi connectivity index (χ3n) is 4.92. The van der Waals surface area contributed by atoms with E-state index in [0.29, 0.717) is 30.3 Å². The van der Waals surface area contributed by atoms with E-state index in [9.17, 15) is 9.59 Å². The molecule has 0 saturated carbocycles. The van der Waals surface area contributed by atoms with Crippen molar-refractivity contribution in [2.75, 3.05) is 38.8 Å². The van der Waals surface area contributed by atoms with E-state index < -0.39 is 0 Å². The molecule has 0 radical (unpaired) electrons. The van der Waals surface area contributed by atoms with Gasteiger partial charge in [0.05, 0.1) is 20.1 Å². The lowest BCUT2D eigenvalue weighted by Gasteiger charge is -2.32. The average Bonchev–Trinajstić information content (AvgIpc) is 3.02. The molecule has 3 rings (SSSR count). The third kappa shape index (κ3) is 3.56. The van der Waals surface area contributed by atoms with Gasteiger partial charge in [-0.25, -0.2) is 0 Å². The SMILES string of the molecule is COc1ccc(N2C[C@H](C(=O)N3CCC[C@H](N)C3)CC2=O)cc1OC. The summed E-state index contributed by atoms with van der Waals surface area (Å²) in [6, 6.07) is 5.38. The molecule has 0 unspecified atom stereocenters. The Morgan fingerprint density at radius 1 is 1.20 bits per heavy atom. The topological polar surface area (TPSA) is 85.1 Å². The van der Waals surface area contributed by atoms with Crippen molar-refractivity contribution in [3.8, 4) is 11.5 Å². The van der Waals surface area contributed by atoms with Crippen molar-refractivity contribution >= 4 is 17.5 Å². The molecule has 2 amide bonds. The number of benzene rings is 1. The van der Waals surface area contributed by atoms with Gasteiger partial charge < -0.3 is 25.0 Å². The van der Waals surface area contributed by atoms with Crippen LogP contribution in [0.2, 0.25) is 0 Å². The number of hydrogen-bond donors (Lipinski definition) is 1. The predicted octanol–water partition coefficient (Wildman–Crippen LogP) is 1.01. The van der Waals surface area contributed by atoms with Crippen molar-refractivity contribution in [2.24, 2.45) is 11.7 Å². The van der Waals surface area contributed by atoms with E-state index in [1.54, 1.807) is 31.3 Å². The number of nitrogens with two attached hydrogens (primary N) is 1. The van der Waals surface area contributed by atoms with Gasteiger partial charge in [0, 0.05) is 43.9 Å². The van der Waals surface area contributed by atoms with E-state index in [1.165, 1.54) is 0 Å². The molecule has 2 N–H and O–H groups in total. The minimum absolute atomic E-state index is 0.0338. The van der Waals surface area contributed by atoms with Gasteiger partial charge in [-0.2, -0.15) is 0 Å². The number of hydrogen-bond acceptors (Lipinski definition) is 5. The smallest absolute Gasteiger partial charge is 0.228 e. The van der Waals surface area contributed by atoms with Crippen LogP contribution in [-0.2, 0) is 9.59 Å². The summed E-state index contributed by atoms with van der Waals surface area (Å²) in [7, 11) is 3.12. The fraction of sp³-hybridized carbons (Fsp3) is 0.556. The Labute approximate surface area is 147 Å². The van der Waals surface area contributed by atoms with Gasteiger partial charge in [0.2, 0.25) is 11.8 Å². The highest BCUT2D eigenvalue weighted by Gasteiger charge is 2.38. The highest BCUT2D eigenvalue weighted by Crippen LogP contribution is 2.34. The van der Waals surface area contributed by atoms with Gasteiger partial charge >= 0.3 is 0 Å². The molecule has 2 fully saturated rings. The van der Waals surface area contributed by atoms with Gasteiger partial charge in [-0.1, -0.05) is 0 Å². The molecule has 2 aliphatic rings. The molecule has 25 heavy (non-hydrogen) atoms. The van der Waals surface area contributed by atoms with Crippen LogP contribution in [0, 0.1) is 5.92 Å². The Balaban J connectivity index is 1.73. The summed E-state index contributed by atoms with van der Waals surface area (Å²) in [6.45, 7) is 1.70. The molecule has 0 aromatic heterocycles. The minimum Gasteiger partial charge on any atom is -0.493 e. The van der Waals surface area contributed by atoms with Gasteiger partial charge in [-0.15, -0.1) is 0 Å². The van der Waals surface area contributed by atoms with Gasteiger partial charge in [-0.3, -0.25) is 9.59 Å². The zero-order chi connectivity index (χ0) is 18.0. The maximum absolute atomic E-state index is 12.7. The predicted molar refractivity (Wildman–Crippen MR) is 93.8 cm³/mol. The zero-order valence-corrected chi connectivity index (χ0v) is 14.7. The summed E-state index contributed by atoms with van der Waals surface area (Å²) < 4.78 is 10.5. The van der Waals surface area contributed by atoms with Crippen LogP contribution in [0.5, 0.6) is 11.5 Å². The Hall–Kier alpha value is -2.28. The number of carbonyl (C=O) groups is 2. The summed E-state index contributed by atoms with van der Waals surface area (Å²) in [5.74, 6) is 0.835. The van der Waals surface area contributed by atoms with Crippen LogP contribution < -0.4 is 20.1 Å². The highest BCUT2D eigenvalue weighted by atomic mass is 16.5. The second-order valence-corrected chi connectivity index (χ2v) is 6.63. The maximum atomic E-state index is 12.7. The van der Waals surface area contributed by atoms with Gasteiger partial charge in [0.1, 0.15) is 0 Å². The first-order chi connectivity index (χ1) is 12.0. The van der Waals surface area contributed by atoms with Crippen LogP contribution in [0.3, 0.4) is 0 Å². The number of piperidine rings is 1. The molecular weight excluding hydrogens is 322 g/mol. The molecule has 2 aliphatic heterocycles. The monoisotopic (exact) mass is 347 g/mol. The lowest BCUT2D eigenvalue weighted by atomic mass is 10.0. The van der Waals surface area contributed by atoms with Crippen LogP contribution in [0.4, 0.5) is 5.69 Å². The van der Waals surface area contributed by atoms with E-state index >= 15 is 0 Å². The van der Waals surface area contributed by atoms with Crippen molar-refractivity contribution in [3.05, 3.63) is 18.2 Å². The summed E-state index contributed by atoms with van der Waals surface area (Å²) in [5, 5.41) is 0. The molecule has 1 aromatic carbocycles. The lowest BCUT2D eigenvalue weighted by Crippen LogP contribution is -2.48. The first kappa shape index (κ1) is 17.5. The maximum Gasteiger partial charge on any atom is 0.228 e. The van der Waals surface area contributed by atoms with Gasteiger partial charge in [-0.05, 0) is 25.0 Å².